The van der Waals surface area contributed by atoms with Crippen molar-refractivity contribution in [3.05, 3.63) is 0 Å². The molecule has 0 aromatic carbocycles. The van der Waals surface area contributed by atoms with Crippen molar-refractivity contribution in [2.24, 2.45) is 0 Å². The van der Waals surface area contributed by atoms with E-state index in [2.05, 4.69) is 0 Å². The maximum atomic E-state index is 11.8. The predicted octanol–water partition coefficient (Wildman–Crippen LogP) is 44.4. The molecule has 0 bridgehead atoms. The summed E-state index contributed by atoms with van der Waals surface area (Å²) in [5.41, 5.74) is 8.20. The average Bonchev–Trinajstić information content (AvgIpc) is 0.703. The summed E-state index contributed by atoms with van der Waals surface area (Å²) in [5.74, 6) is 0. The summed E-state index contributed by atoms with van der Waals surface area (Å²) in [6.07, 6.45) is 159. The van der Waals surface area contributed by atoms with Crippen molar-refractivity contribution < 1.29 is 30.2 Å². The molecule has 0 spiro atoms. The molecule has 12 rings (SSSR count). The molecule has 0 aromatic heterocycles. The van der Waals surface area contributed by atoms with Crippen LogP contribution in [0, 0.1) is 0 Å². The van der Waals surface area contributed by atoms with Gasteiger partial charge in [-0.15, -0.1) is 0 Å². The standard InChI is InChI=1S/4C30H57OSi.Ti/c4*31-32(28-22-16-10-4-1-5-11-17-23-28,29-24-18-12-6-2-7-13-19-25-29)30-26-20-14-8-3-9-15-21-27-30;/h4*28-30H,1-27H2;/q4*-1;+2. The molecule has 0 N–H and O–H groups in total. The molecule has 0 heterocycles. The molecule has 12 aliphatic carbocycles. The molecule has 12 fully saturated rings. The van der Waals surface area contributed by atoms with Crippen LogP contribution in [0.3, 0.4) is 0 Å². The van der Waals surface area contributed by atoms with Gasteiger partial charge in [0.05, 0.1) is 0 Å². The van der Waals surface area contributed by atoms with E-state index in [0.717, 1.165) is 0 Å². The average molecular weight is 1900 g/mol. The van der Waals surface area contributed by atoms with Gasteiger partial charge in [0.1, 0.15) is 0 Å². The molecule has 12 saturated carbocycles. The Labute approximate surface area is 817 Å². The van der Waals surface area contributed by atoms with Crippen LogP contribution in [0.1, 0.15) is 693 Å². The summed E-state index contributed by atoms with van der Waals surface area (Å²) < 4.78 is 47.2. The van der Waals surface area contributed by atoms with Gasteiger partial charge in [0.2, 0.25) is 0 Å². The summed E-state index contributed by atoms with van der Waals surface area (Å²) in [6, 6.07) is 0. The molecule has 0 unspecified atom stereocenters. The first-order valence-electron chi connectivity index (χ1n) is 62.9. The molecule has 0 aromatic rings. The van der Waals surface area contributed by atoms with Crippen molar-refractivity contribution in [1.29, 1.82) is 0 Å². The second-order valence-corrected chi connectivity index (χ2v) is 72.1. The molecule has 9 heteroatoms. The van der Waals surface area contributed by atoms with Crippen LogP contribution in [0.5, 0.6) is 0 Å². The fourth-order valence-electron chi connectivity index (χ4n) is 33.1. The van der Waals surface area contributed by atoms with Gasteiger partial charge < -0.3 is 0 Å². The molecule has 0 aliphatic heterocycles. The second-order valence-electron chi connectivity index (χ2n) is 49.3. The van der Waals surface area contributed by atoms with Crippen molar-refractivity contribution in [2.45, 2.75) is 760 Å². The Balaban J connectivity index is 1.36. The Hall–Kier alpha value is 1.42. The van der Waals surface area contributed by atoms with Crippen LogP contribution in [-0.2, 0) is 30.2 Å². The van der Waals surface area contributed by atoms with Gasteiger partial charge in [-0.1, -0.05) is 0 Å². The molecule has 0 radical (unpaired) electrons. The van der Waals surface area contributed by atoms with Gasteiger partial charge in [-0.3, -0.25) is 0 Å². The van der Waals surface area contributed by atoms with Gasteiger partial charge in [-0.2, -0.15) is 0 Å². The van der Waals surface area contributed by atoms with E-state index in [1.165, 1.54) is 693 Å². The number of hydrogen-bond donors (Lipinski definition) is 0. The molecule has 12 aliphatic rings. The minimum atomic E-state index is -5.85. The summed E-state index contributed by atoms with van der Waals surface area (Å²) in [5, 5.41) is 0. The maximum absolute atomic E-state index is 11.8. The van der Waals surface area contributed by atoms with Crippen molar-refractivity contribution in [1.82, 2.24) is 0 Å². The molecule has 0 amide bonds. The summed E-state index contributed by atoms with van der Waals surface area (Å²) in [4.78, 5) is 0. The van der Waals surface area contributed by atoms with Gasteiger partial charge in [0.15, 0.2) is 0 Å². The van der Waals surface area contributed by atoms with Crippen molar-refractivity contribution in [3.8, 4) is 0 Å². The van der Waals surface area contributed by atoms with Crippen LogP contribution in [0.4, 0.5) is 0 Å². The zero-order valence-electron chi connectivity index (χ0n) is 87.4. The molecule has 0 atom stereocenters. The number of hydrogen-bond acceptors (Lipinski definition) is 4. The van der Waals surface area contributed by atoms with Crippen LogP contribution in [0.25, 0.3) is 0 Å². The fraction of sp³-hybridized carbons (Fsp3) is 1.00. The van der Waals surface area contributed by atoms with E-state index < -0.39 is 51.4 Å². The van der Waals surface area contributed by atoms with E-state index in [-0.39, 0.29) is 0 Å². The first-order valence-corrected chi connectivity index (χ1v) is 74.0. The predicted molar refractivity (Wildman–Crippen MR) is 571 cm³/mol. The van der Waals surface area contributed by atoms with E-state index >= 15 is 0 Å². The monoisotopic (exact) mass is 1890 g/mol. The third-order valence-corrected chi connectivity index (χ3v) is 76.1. The quantitative estimate of drug-likeness (QED) is 0.114. The van der Waals surface area contributed by atoms with Crippen molar-refractivity contribution >= 4 is 33.3 Å². The van der Waals surface area contributed by atoms with Crippen LogP contribution in [0.15, 0.2) is 0 Å². The Morgan fingerprint density at radius 2 is 0.140 bits per heavy atom. The molecule has 129 heavy (non-hydrogen) atoms. The molecule has 0 saturated heterocycles. The minimum absolute atomic E-state index is 0.684. The van der Waals surface area contributed by atoms with E-state index in [4.69, 9.17) is 0 Å². The fourth-order valence-corrected chi connectivity index (χ4v) is 82.6. The first-order chi connectivity index (χ1) is 64.1. The van der Waals surface area contributed by atoms with Gasteiger partial charge >= 0.3 is 823 Å². The molecular weight excluding hydrogens is 1670 g/mol. The Kier molecular flexibility index (Phi) is 56.1. The van der Waals surface area contributed by atoms with Crippen molar-refractivity contribution in [3.63, 3.8) is 0 Å². The first kappa shape index (κ1) is 109. The molecule has 4 nitrogen and oxygen atoms in total. The van der Waals surface area contributed by atoms with Crippen LogP contribution >= 0.6 is 0 Å². The van der Waals surface area contributed by atoms with Crippen LogP contribution in [0.2, 0.25) is 66.5 Å². The number of rotatable bonds is 20. The Bertz CT molecular complexity index is 1980. The Morgan fingerprint density at radius 3 is 0.202 bits per heavy atom. The van der Waals surface area contributed by atoms with Gasteiger partial charge in [-0.25, -0.2) is 0 Å². The summed E-state index contributed by atoms with van der Waals surface area (Å²) in [7, 11) is -13.1. The topological polar surface area (TPSA) is 36.9 Å². The van der Waals surface area contributed by atoms with Gasteiger partial charge in [0.25, 0.3) is 0 Å². The SMILES string of the molecule is C1CCCCC([Si]([O][Ti-2]([O][Si](C2CCCCCCCCC2)(C2CCCCCCCCC2)C2CCCCCCCCC2)([O][Si](C2CCCCCCCCC2)(C2CCCCCCCCC2)C2CCCCCCCCC2)[O][Si](C2CCCCCCCCC2)(C2CCCCCCCCC2)C2CCCCCCCCC2)(C2CCCCCCCCC2)C2CCCCCCCCC2)CCCC1. The normalized spacial score (nSPS) is 27.5. The zero-order valence-corrected chi connectivity index (χ0v) is 93.0. The Morgan fingerprint density at radius 1 is 0.0853 bits per heavy atom. The van der Waals surface area contributed by atoms with E-state index in [1.807, 2.05) is 0 Å². The van der Waals surface area contributed by atoms with E-state index in [1.54, 1.807) is 0 Å². The summed E-state index contributed by atoms with van der Waals surface area (Å²) in [6.45, 7) is 0. The van der Waals surface area contributed by atoms with Crippen LogP contribution in [-0.4, -0.2) is 33.3 Å². The van der Waals surface area contributed by atoms with E-state index in [0.29, 0.717) is 66.5 Å². The van der Waals surface area contributed by atoms with Crippen LogP contribution < -0.4 is 0 Å². The van der Waals surface area contributed by atoms with Gasteiger partial charge in [0, 0.05) is 0 Å². The van der Waals surface area contributed by atoms with E-state index in [9.17, 15) is 12.0 Å². The summed E-state index contributed by atoms with van der Waals surface area (Å²) >= 11 is -5.85. The van der Waals surface area contributed by atoms with Crippen molar-refractivity contribution in [2.75, 3.05) is 0 Å². The molecule has 754 valence electrons. The molecular formula is C120H228O4Si4Ti-2. The third kappa shape index (κ3) is 36.1. The van der Waals surface area contributed by atoms with Gasteiger partial charge in [-0.05, 0) is 0 Å². The second kappa shape index (κ2) is 66.3. The third-order valence-electron chi connectivity index (χ3n) is 40.1. The zero-order chi connectivity index (χ0) is 88.6.